The van der Waals surface area contributed by atoms with Gasteiger partial charge in [-0.05, 0) is 67.1 Å². The molecule has 212 valence electrons. The molecule has 2 saturated heterocycles. The molecule has 4 aliphatic rings. The molecular weight excluding hydrogens is 491 g/mol. The van der Waals surface area contributed by atoms with Gasteiger partial charge in [-0.25, -0.2) is 4.39 Å². The normalized spacial score (nSPS) is 30.5. The number of halogens is 1. The molecule has 7 heteroatoms. The van der Waals surface area contributed by atoms with Gasteiger partial charge in [0.1, 0.15) is 5.82 Å². The van der Waals surface area contributed by atoms with E-state index >= 15 is 0 Å². The van der Waals surface area contributed by atoms with Crippen molar-refractivity contribution in [3.8, 4) is 0 Å². The van der Waals surface area contributed by atoms with Crippen molar-refractivity contribution in [1.82, 2.24) is 19.6 Å². The molecule has 1 aromatic heterocycles. The second-order valence-electron chi connectivity index (χ2n) is 13.0. The van der Waals surface area contributed by atoms with E-state index in [0.29, 0.717) is 30.2 Å². The summed E-state index contributed by atoms with van der Waals surface area (Å²) in [6.45, 7) is 10.1. The number of carboxylic acids is 1. The number of piperidine rings is 1. The van der Waals surface area contributed by atoms with Crippen LogP contribution in [-0.4, -0.2) is 69.9 Å². The molecular formula is C32H45FN4O2. The summed E-state index contributed by atoms with van der Waals surface area (Å²) in [5.74, 6) is 1.89. The molecule has 1 aromatic carbocycles. The number of fused-ring (bicyclic) bond motifs is 1. The lowest BCUT2D eigenvalue weighted by Crippen LogP contribution is -2.44. The quantitative estimate of drug-likeness (QED) is 0.484. The molecule has 4 fully saturated rings. The maximum atomic E-state index is 14.3. The fourth-order valence-corrected chi connectivity index (χ4v) is 8.71. The first-order valence-corrected chi connectivity index (χ1v) is 15.3. The summed E-state index contributed by atoms with van der Waals surface area (Å²) < 4.78 is 16.4. The van der Waals surface area contributed by atoms with E-state index in [-0.39, 0.29) is 11.7 Å². The molecule has 2 aromatic rings. The lowest BCUT2D eigenvalue weighted by atomic mass is 9.73. The van der Waals surface area contributed by atoms with Crippen molar-refractivity contribution in [3.63, 3.8) is 0 Å². The Balaban J connectivity index is 1.16. The number of benzene rings is 1. The van der Waals surface area contributed by atoms with Crippen molar-refractivity contribution in [2.45, 2.75) is 70.6 Å². The van der Waals surface area contributed by atoms with Crippen molar-refractivity contribution in [2.75, 3.05) is 39.3 Å². The molecule has 0 bridgehead atoms. The van der Waals surface area contributed by atoms with E-state index in [9.17, 15) is 14.3 Å². The largest absolute Gasteiger partial charge is 0.481 e. The predicted octanol–water partition coefficient (Wildman–Crippen LogP) is 5.08. The monoisotopic (exact) mass is 536 g/mol. The smallest absolute Gasteiger partial charge is 0.310 e. The number of carbonyl (C=O) groups is 1. The van der Waals surface area contributed by atoms with Crippen molar-refractivity contribution in [1.29, 1.82) is 0 Å². The molecule has 39 heavy (non-hydrogen) atoms. The van der Waals surface area contributed by atoms with Crippen molar-refractivity contribution >= 4 is 5.97 Å². The van der Waals surface area contributed by atoms with E-state index < -0.39 is 11.4 Å². The summed E-state index contributed by atoms with van der Waals surface area (Å²) in [4.78, 5) is 17.5. The Labute approximate surface area is 232 Å². The summed E-state index contributed by atoms with van der Waals surface area (Å²) in [6, 6.07) is 7.11. The second-order valence-corrected chi connectivity index (χ2v) is 13.0. The minimum Gasteiger partial charge on any atom is -0.481 e. The predicted molar refractivity (Wildman–Crippen MR) is 150 cm³/mol. The number of aromatic nitrogens is 2. The maximum absolute atomic E-state index is 14.3. The van der Waals surface area contributed by atoms with Gasteiger partial charge in [-0.3, -0.25) is 9.48 Å². The highest BCUT2D eigenvalue weighted by Gasteiger charge is 2.58. The van der Waals surface area contributed by atoms with Crippen LogP contribution in [-0.2, 0) is 24.7 Å². The maximum Gasteiger partial charge on any atom is 0.310 e. The molecule has 6 rings (SSSR count). The van der Waals surface area contributed by atoms with Crippen LogP contribution in [0.15, 0.2) is 24.3 Å². The van der Waals surface area contributed by atoms with Gasteiger partial charge in [-0.1, -0.05) is 45.2 Å². The molecule has 1 N–H and O–H groups in total. The highest BCUT2D eigenvalue weighted by Crippen LogP contribution is 2.60. The highest BCUT2D eigenvalue weighted by atomic mass is 19.1. The van der Waals surface area contributed by atoms with Gasteiger partial charge >= 0.3 is 5.97 Å². The van der Waals surface area contributed by atoms with Gasteiger partial charge < -0.3 is 14.9 Å². The van der Waals surface area contributed by atoms with Gasteiger partial charge in [0.25, 0.3) is 0 Å². The van der Waals surface area contributed by atoms with Gasteiger partial charge in [0.05, 0.1) is 11.1 Å². The van der Waals surface area contributed by atoms with E-state index in [4.69, 9.17) is 5.10 Å². The molecule has 5 atom stereocenters. The van der Waals surface area contributed by atoms with E-state index in [0.717, 1.165) is 83.2 Å². The lowest BCUT2D eigenvalue weighted by molar-refractivity contribution is -0.152. The zero-order valence-corrected chi connectivity index (χ0v) is 23.9. The minimum atomic E-state index is -0.632. The molecule has 2 aliphatic carbocycles. The summed E-state index contributed by atoms with van der Waals surface area (Å²) in [5, 5.41) is 15.0. The fourth-order valence-electron chi connectivity index (χ4n) is 8.71. The number of hydrogen-bond acceptors (Lipinski definition) is 4. The Morgan fingerprint density at radius 3 is 2.44 bits per heavy atom. The third-order valence-electron chi connectivity index (χ3n) is 10.6. The third-order valence-corrected chi connectivity index (χ3v) is 10.6. The Hall–Kier alpha value is -2.25. The van der Waals surface area contributed by atoms with Crippen LogP contribution in [0.3, 0.4) is 0 Å². The molecule has 0 radical (unpaired) electrons. The number of rotatable bonds is 9. The number of aryl methyl sites for hydroxylation is 2. The number of likely N-dealkylation sites (tertiary alicyclic amines) is 2. The van der Waals surface area contributed by atoms with E-state index in [2.05, 4.69) is 41.4 Å². The Morgan fingerprint density at radius 2 is 1.79 bits per heavy atom. The number of hydrogen-bond donors (Lipinski definition) is 1. The molecule has 0 unspecified atom stereocenters. The second kappa shape index (κ2) is 10.6. The zero-order chi connectivity index (χ0) is 27.3. The third kappa shape index (κ3) is 4.94. The van der Waals surface area contributed by atoms with Crippen molar-refractivity contribution in [2.24, 2.45) is 30.2 Å². The van der Waals surface area contributed by atoms with Crippen LogP contribution < -0.4 is 0 Å². The van der Waals surface area contributed by atoms with E-state index in [1.54, 1.807) is 6.07 Å². The Morgan fingerprint density at radius 1 is 1.05 bits per heavy atom. The average molecular weight is 537 g/mol. The number of nitrogens with zero attached hydrogens (tertiary/aromatic N) is 4. The molecule has 0 spiro atoms. The van der Waals surface area contributed by atoms with E-state index in [1.165, 1.54) is 23.0 Å². The topological polar surface area (TPSA) is 61.6 Å². The van der Waals surface area contributed by atoms with Crippen LogP contribution in [0.2, 0.25) is 0 Å². The van der Waals surface area contributed by atoms with Crippen LogP contribution in [0, 0.1) is 29.0 Å². The van der Waals surface area contributed by atoms with E-state index in [1.807, 2.05) is 6.07 Å². The van der Waals surface area contributed by atoms with Crippen molar-refractivity contribution < 1.29 is 14.3 Å². The van der Waals surface area contributed by atoms with Gasteiger partial charge in [-0.15, -0.1) is 0 Å². The number of carboxylic acid groups (broad SMARTS) is 1. The zero-order valence-electron chi connectivity index (χ0n) is 23.9. The summed E-state index contributed by atoms with van der Waals surface area (Å²) in [7, 11) is 2.09. The fraction of sp³-hybridized carbons (Fsp3) is 0.688. The first kappa shape index (κ1) is 26.9. The van der Waals surface area contributed by atoms with Crippen LogP contribution in [0.4, 0.5) is 4.39 Å². The summed E-state index contributed by atoms with van der Waals surface area (Å²) >= 11 is 0. The van der Waals surface area contributed by atoms with Crippen molar-refractivity contribution in [3.05, 3.63) is 52.6 Å². The van der Waals surface area contributed by atoms with Crippen LogP contribution in [0.1, 0.15) is 80.3 Å². The Bertz CT molecular complexity index is 1190. The SMILES string of the molecule is CCc1nn(C)c(CC)c1[C@H]1[C@@H]2CN(C[C@H]3CN(CC4(C(=O)O)CCCCC4)C[C@@H]3c3cccc(F)c3)C[C@@H]21. The average Bonchev–Trinajstić information content (AvgIpc) is 3.23. The molecule has 0 amide bonds. The molecule has 6 nitrogen and oxygen atoms in total. The lowest BCUT2D eigenvalue weighted by Gasteiger charge is -2.36. The summed E-state index contributed by atoms with van der Waals surface area (Å²) in [5.41, 5.74) is 4.67. The van der Waals surface area contributed by atoms with Gasteiger partial charge in [0.15, 0.2) is 0 Å². The van der Waals surface area contributed by atoms with Gasteiger partial charge in [0.2, 0.25) is 0 Å². The highest BCUT2D eigenvalue weighted by molar-refractivity contribution is 5.75. The number of aliphatic carboxylic acids is 1. The first-order chi connectivity index (χ1) is 18.8. The van der Waals surface area contributed by atoms with Gasteiger partial charge in [0, 0.05) is 63.5 Å². The molecule has 3 heterocycles. The first-order valence-electron chi connectivity index (χ1n) is 15.3. The van der Waals surface area contributed by atoms with Crippen LogP contribution in [0.25, 0.3) is 0 Å². The Kier molecular flexibility index (Phi) is 7.34. The minimum absolute atomic E-state index is 0.181. The van der Waals surface area contributed by atoms with Gasteiger partial charge in [-0.2, -0.15) is 5.10 Å². The standard InChI is InChI=1S/C32H45FN4O2/c1-4-27-30(28(5-2)35(3)34-27)29-25-18-36(19-26(25)29)15-22-16-37(17-24(22)21-10-9-11-23(33)14-21)20-32(31(38)39)12-7-6-8-13-32/h9-11,14,22,24-26,29H,4-8,12-13,15-20H2,1-3H3,(H,38,39)/t22-,24+,25-,26+,29+/m0/s1. The van der Waals surface area contributed by atoms with Crippen LogP contribution >= 0.6 is 0 Å². The molecule has 2 aliphatic heterocycles. The summed E-state index contributed by atoms with van der Waals surface area (Å²) in [6.07, 6.45) is 6.73. The van der Waals surface area contributed by atoms with Crippen LogP contribution in [0.5, 0.6) is 0 Å². The molecule has 2 saturated carbocycles.